The molecule has 0 fully saturated rings. The molecule has 1 atom stereocenters. The first-order valence-corrected chi connectivity index (χ1v) is 8.51. The van der Waals surface area contributed by atoms with Crippen LogP contribution in [0.5, 0.6) is 0 Å². The number of sulfonamides is 1. The normalized spacial score (nSPS) is 14.1. The molecular weight excluding hydrogens is 268 g/mol. The van der Waals surface area contributed by atoms with Crippen molar-refractivity contribution in [2.45, 2.75) is 44.0 Å². The van der Waals surface area contributed by atoms with Crippen LogP contribution in [0.25, 0.3) is 0 Å². The maximum atomic E-state index is 12.3. The molecule has 0 spiro atoms. The quantitative estimate of drug-likeness (QED) is 0.838. The fourth-order valence-corrected chi connectivity index (χ4v) is 4.32. The smallest absolute Gasteiger partial charge is 0.252 e. The van der Waals surface area contributed by atoms with Crippen molar-refractivity contribution >= 4 is 21.4 Å². The summed E-state index contributed by atoms with van der Waals surface area (Å²) in [4.78, 5) is 0. The Bertz CT molecular complexity index is 468. The molecule has 0 aliphatic carbocycles. The zero-order valence-electron chi connectivity index (χ0n) is 11.4. The predicted molar refractivity (Wildman–Crippen MR) is 76.4 cm³/mol. The first-order valence-electron chi connectivity index (χ1n) is 6.19. The Morgan fingerprint density at radius 3 is 2.67 bits per heavy atom. The molecule has 4 nitrogen and oxygen atoms in total. The van der Waals surface area contributed by atoms with Gasteiger partial charge in [-0.15, -0.1) is 11.3 Å². The Morgan fingerprint density at radius 1 is 1.44 bits per heavy atom. The van der Waals surface area contributed by atoms with Crippen LogP contribution in [0.4, 0.5) is 0 Å². The van der Waals surface area contributed by atoms with Gasteiger partial charge < -0.3 is 5.32 Å². The van der Waals surface area contributed by atoms with Crippen LogP contribution in [0, 0.1) is 0 Å². The Hall–Kier alpha value is -0.430. The first-order chi connectivity index (χ1) is 8.43. The molecule has 1 heterocycles. The lowest BCUT2D eigenvalue weighted by Crippen LogP contribution is -2.34. The highest BCUT2D eigenvalue weighted by molar-refractivity contribution is 7.91. The highest BCUT2D eigenvalue weighted by Crippen LogP contribution is 2.24. The van der Waals surface area contributed by atoms with Crippen LogP contribution in [-0.2, 0) is 16.6 Å². The third kappa shape index (κ3) is 3.54. The lowest BCUT2D eigenvalue weighted by molar-refractivity contribution is 0.381. The minimum Gasteiger partial charge on any atom is -0.313 e. The van der Waals surface area contributed by atoms with E-state index in [1.54, 1.807) is 13.1 Å². The maximum Gasteiger partial charge on any atom is 0.252 e. The van der Waals surface area contributed by atoms with Crippen molar-refractivity contribution in [2.24, 2.45) is 0 Å². The molecule has 0 saturated heterocycles. The van der Waals surface area contributed by atoms with Gasteiger partial charge in [-0.05, 0) is 36.9 Å². The van der Waals surface area contributed by atoms with Crippen molar-refractivity contribution in [2.75, 3.05) is 13.6 Å². The van der Waals surface area contributed by atoms with Crippen LogP contribution in [0.1, 0.15) is 32.8 Å². The standard InChI is InChI=1S/C12H22N2O2S2/c1-5-10(3)14(4)18(15,16)12-7-11(9-17-12)8-13-6-2/h7,9-10,13H,5-6,8H2,1-4H3. The van der Waals surface area contributed by atoms with E-state index in [9.17, 15) is 8.42 Å². The summed E-state index contributed by atoms with van der Waals surface area (Å²) in [6, 6.07) is 1.79. The lowest BCUT2D eigenvalue weighted by atomic mass is 10.3. The van der Waals surface area contributed by atoms with Crippen molar-refractivity contribution in [3.8, 4) is 0 Å². The molecule has 104 valence electrons. The van der Waals surface area contributed by atoms with Crippen molar-refractivity contribution < 1.29 is 8.42 Å². The number of nitrogens with one attached hydrogen (secondary N) is 1. The predicted octanol–water partition coefficient (Wildman–Crippen LogP) is 2.28. The molecule has 1 rings (SSSR count). The molecule has 1 unspecified atom stereocenters. The number of hydrogen-bond acceptors (Lipinski definition) is 4. The van der Waals surface area contributed by atoms with E-state index in [0.29, 0.717) is 4.21 Å². The maximum absolute atomic E-state index is 12.3. The Kier molecular flexibility index (Phi) is 5.78. The summed E-state index contributed by atoms with van der Waals surface area (Å²) < 4.78 is 26.6. The van der Waals surface area contributed by atoms with E-state index < -0.39 is 10.0 Å². The number of hydrogen-bond donors (Lipinski definition) is 1. The highest BCUT2D eigenvalue weighted by atomic mass is 32.2. The summed E-state index contributed by atoms with van der Waals surface area (Å²) in [5.41, 5.74) is 1.03. The second kappa shape index (κ2) is 6.65. The largest absolute Gasteiger partial charge is 0.313 e. The first kappa shape index (κ1) is 15.6. The van der Waals surface area contributed by atoms with E-state index >= 15 is 0 Å². The molecule has 0 bridgehead atoms. The van der Waals surface area contributed by atoms with Gasteiger partial charge in [-0.3, -0.25) is 0 Å². The van der Waals surface area contributed by atoms with Crippen LogP contribution in [0.3, 0.4) is 0 Å². The molecule has 1 aromatic heterocycles. The minimum atomic E-state index is -3.33. The second-order valence-electron chi connectivity index (χ2n) is 4.33. The Balaban J connectivity index is 2.88. The molecule has 0 saturated carbocycles. The summed E-state index contributed by atoms with van der Waals surface area (Å²) in [5, 5.41) is 5.09. The minimum absolute atomic E-state index is 0.0225. The van der Waals surface area contributed by atoms with Gasteiger partial charge in [0.15, 0.2) is 0 Å². The molecule has 0 aliphatic rings. The van der Waals surface area contributed by atoms with Gasteiger partial charge in [0, 0.05) is 19.6 Å². The van der Waals surface area contributed by atoms with Gasteiger partial charge in [0.25, 0.3) is 10.0 Å². The van der Waals surface area contributed by atoms with Gasteiger partial charge in [0.05, 0.1) is 0 Å². The summed E-state index contributed by atoms with van der Waals surface area (Å²) in [7, 11) is -1.68. The van der Waals surface area contributed by atoms with Crippen LogP contribution in [0.2, 0.25) is 0 Å². The molecule has 6 heteroatoms. The van der Waals surface area contributed by atoms with Crippen LogP contribution < -0.4 is 5.32 Å². The van der Waals surface area contributed by atoms with Gasteiger partial charge in [-0.25, -0.2) is 8.42 Å². The molecule has 0 amide bonds. The zero-order valence-corrected chi connectivity index (χ0v) is 13.1. The van der Waals surface area contributed by atoms with E-state index in [1.165, 1.54) is 15.6 Å². The molecule has 0 aromatic carbocycles. The molecule has 0 radical (unpaired) electrons. The van der Waals surface area contributed by atoms with E-state index in [2.05, 4.69) is 5.32 Å². The molecule has 1 aromatic rings. The van der Waals surface area contributed by atoms with Gasteiger partial charge in [-0.1, -0.05) is 13.8 Å². The van der Waals surface area contributed by atoms with Crippen LogP contribution in [-0.4, -0.2) is 32.4 Å². The van der Waals surface area contributed by atoms with Crippen molar-refractivity contribution in [1.29, 1.82) is 0 Å². The lowest BCUT2D eigenvalue weighted by Gasteiger charge is -2.22. The van der Waals surface area contributed by atoms with Crippen molar-refractivity contribution in [3.63, 3.8) is 0 Å². The SMILES string of the molecule is CCNCc1csc(S(=O)(=O)N(C)C(C)CC)c1. The summed E-state index contributed by atoms with van der Waals surface area (Å²) in [6.07, 6.45) is 0.811. The van der Waals surface area contributed by atoms with Crippen LogP contribution in [0.15, 0.2) is 15.7 Å². The van der Waals surface area contributed by atoms with Crippen molar-refractivity contribution in [3.05, 3.63) is 17.0 Å². The topological polar surface area (TPSA) is 49.4 Å². The second-order valence-corrected chi connectivity index (χ2v) is 7.47. The number of nitrogens with zero attached hydrogens (tertiary/aromatic N) is 1. The number of thiophene rings is 1. The molecular formula is C12H22N2O2S2. The van der Waals surface area contributed by atoms with E-state index in [-0.39, 0.29) is 6.04 Å². The summed E-state index contributed by atoms with van der Waals surface area (Å²) >= 11 is 1.29. The van der Waals surface area contributed by atoms with Gasteiger partial charge in [0.1, 0.15) is 4.21 Å². The zero-order chi connectivity index (χ0) is 13.8. The molecule has 1 N–H and O–H groups in total. The van der Waals surface area contributed by atoms with E-state index in [1.807, 2.05) is 26.2 Å². The fraction of sp³-hybridized carbons (Fsp3) is 0.667. The average molecular weight is 290 g/mol. The monoisotopic (exact) mass is 290 g/mol. The van der Waals surface area contributed by atoms with Gasteiger partial charge in [-0.2, -0.15) is 4.31 Å². The fourth-order valence-electron chi connectivity index (χ4n) is 1.49. The summed E-state index contributed by atoms with van der Waals surface area (Å²) in [6.45, 7) is 7.54. The third-order valence-corrected chi connectivity index (χ3v) is 6.49. The van der Waals surface area contributed by atoms with Crippen molar-refractivity contribution in [1.82, 2.24) is 9.62 Å². The van der Waals surface area contributed by atoms with E-state index in [4.69, 9.17) is 0 Å². The van der Waals surface area contributed by atoms with E-state index in [0.717, 1.165) is 25.1 Å². The number of rotatable bonds is 7. The summed E-state index contributed by atoms with van der Waals surface area (Å²) in [5.74, 6) is 0. The average Bonchev–Trinajstić information content (AvgIpc) is 2.83. The Morgan fingerprint density at radius 2 is 2.11 bits per heavy atom. The van der Waals surface area contributed by atoms with Gasteiger partial charge >= 0.3 is 0 Å². The van der Waals surface area contributed by atoms with Gasteiger partial charge in [0.2, 0.25) is 0 Å². The third-order valence-electron chi connectivity index (χ3n) is 3.05. The molecule has 0 aliphatic heterocycles. The molecule has 18 heavy (non-hydrogen) atoms. The Labute approximate surface area is 114 Å². The van der Waals surface area contributed by atoms with Crippen LogP contribution >= 0.6 is 11.3 Å². The highest BCUT2D eigenvalue weighted by Gasteiger charge is 2.25.